The molecule has 1 fully saturated rings. The van der Waals surface area contributed by atoms with Gasteiger partial charge in [-0.25, -0.2) is 9.97 Å². The number of rotatable bonds is 3. The molecule has 0 amide bonds. The first kappa shape index (κ1) is 14.9. The second kappa shape index (κ2) is 5.87. The van der Waals surface area contributed by atoms with Crippen LogP contribution in [0, 0.1) is 0 Å². The summed E-state index contributed by atoms with van der Waals surface area (Å²) in [5.74, 6) is 2.75. The second-order valence-corrected chi connectivity index (χ2v) is 7.48. The number of aromatic nitrogens is 6. The smallest absolute Gasteiger partial charge is 0.173 e. The largest absolute Gasteiger partial charge is 0.341 e. The van der Waals surface area contributed by atoms with E-state index in [2.05, 4.69) is 32.0 Å². The van der Waals surface area contributed by atoms with Crippen molar-refractivity contribution < 1.29 is 0 Å². The van der Waals surface area contributed by atoms with E-state index in [0.29, 0.717) is 6.04 Å². The lowest BCUT2D eigenvalue weighted by Gasteiger charge is -2.40. The lowest BCUT2D eigenvalue weighted by atomic mass is 10.0. The van der Waals surface area contributed by atoms with Gasteiger partial charge in [0.15, 0.2) is 17.5 Å². The van der Waals surface area contributed by atoms with Crippen LogP contribution in [-0.2, 0) is 0 Å². The fourth-order valence-corrected chi connectivity index (χ4v) is 4.65. The third-order valence-electron chi connectivity index (χ3n) is 5.22. The second-order valence-electron chi connectivity index (χ2n) is 6.60. The lowest BCUT2D eigenvalue weighted by Crippen LogP contribution is -2.42. The predicted octanol–water partition coefficient (Wildman–Crippen LogP) is 3.39. The standard InChI is InChI=1S/C17H19N7S/c1-2-12-17-22-20-9-23(17)13-7-19-15(14-8-18-10-25-14)21-16(13)24(12)11-5-3-4-6-11/h7-12H,2-6H2,1H3/t12-/m1/s1. The minimum atomic E-state index is 0.210. The number of fused-ring (bicyclic) bond motifs is 3. The van der Waals surface area contributed by atoms with Crippen molar-refractivity contribution in [3.8, 4) is 16.4 Å². The first-order valence-electron chi connectivity index (χ1n) is 8.81. The highest BCUT2D eigenvalue weighted by Crippen LogP contribution is 2.43. The molecule has 0 spiro atoms. The molecule has 3 aromatic rings. The normalized spacial score (nSPS) is 19.9. The molecule has 128 valence electrons. The monoisotopic (exact) mass is 353 g/mol. The number of hydrogen-bond donors (Lipinski definition) is 0. The van der Waals surface area contributed by atoms with Gasteiger partial charge >= 0.3 is 0 Å². The van der Waals surface area contributed by atoms with Crippen LogP contribution < -0.4 is 4.90 Å². The molecule has 1 atom stereocenters. The molecule has 8 heteroatoms. The molecule has 4 heterocycles. The highest BCUT2D eigenvalue weighted by molar-refractivity contribution is 7.13. The van der Waals surface area contributed by atoms with E-state index in [1.54, 1.807) is 17.7 Å². The maximum atomic E-state index is 4.97. The first-order valence-corrected chi connectivity index (χ1v) is 9.69. The van der Waals surface area contributed by atoms with E-state index in [9.17, 15) is 0 Å². The molecule has 5 rings (SSSR count). The summed E-state index contributed by atoms with van der Waals surface area (Å²) < 4.78 is 2.05. The molecule has 7 nitrogen and oxygen atoms in total. The van der Waals surface area contributed by atoms with Crippen LogP contribution in [0.4, 0.5) is 5.82 Å². The summed E-state index contributed by atoms with van der Waals surface area (Å²) >= 11 is 1.57. The van der Waals surface area contributed by atoms with Crippen molar-refractivity contribution >= 4 is 17.2 Å². The first-order chi connectivity index (χ1) is 12.4. The van der Waals surface area contributed by atoms with E-state index in [1.807, 2.05) is 22.5 Å². The van der Waals surface area contributed by atoms with Gasteiger partial charge in [-0.3, -0.25) is 9.55 Å². The molecule has 0 saturated heterocycles. The van der Waals surface area contributed by atoms with Gasteiger partial charge in [0, 0.05) is 12.2 Å². The third-order valence-corrected chi connectivity index (χ3v) is 5.99. The Morgan fingerprint density at radius 2 is 2.12 bits per heavy atom. The van der Waals surface area contributed by atoms with E-state index in [0.717, 1.165) is 34.5 Å². The average Bonchev–Trinajstić information content (AvgIpc) is 3.42. The molecule has 0 unspecified atom stereocenters. The molecular weight excluding hydrogens is 334 g/mol. The predicted molar refractivity (Wildman–Crippen MR) is 95.8 cm³/mol. The maximum Gasteiger partial charge on any atom is 0.173 e. The SMILES string of the molecule is CC[C@@H]1c2nncn2-c2cnc(-c3cncs3)nc2N1C1CCCC1. The molecule has 0 radical (unpaired) electrons. The van der Waals surface area contributed by atoms with E-state index >= 15 is 0 Å². The fourth-order valence-electron chi connectivity index (χ4n) is 4.09. The van der Waals surface area contributed by atoms with Gasteiger partial charge in [0.25, 0.3) is 0 Å². The number of nitrogens with zero attached hydrogens (tertiary/aromatic N) is 7. The van der Waals surface area contributed by atoms with E-state index < -0.39 is 0 Å². The molecule has 1 aliphatic carbocycles. The van der Waals surface area contributed by atoms with E-state index in [1.165, 1.54) is 25.7 Å². The van der Waals surface area contributed by atoms with Crippen LogP contribution in [0.25, 0.3) is 16.4 Å². The van der Waals surface area contributed by atoms with Gasteiger partial charge in [0.05, 0.1) is 22.6 Å². The molecule has 0 N–H and O–H groups in total. The van der Waals surface area contributed by atoms with E-state index in [-0.39, 0.29) is 6.04 Å². The molecule has 1 aliphatic heterocycles. The Morgan fingerprint density at radius 1 is 1.24 bits per heavy atom. The van der Waals surface area contributed by atoms with Crippen LogP contribution in [0.1, 0.15) is 50.9 Å². The number of anilines is 1. The van der Waals surface area contributed by atoms with Gasteiger partial charge in [-0.1, -0.05) is 19.8 Å². The quantitative estimate of drug-likeness (QED) is 0.718. The van der Waals surface area contributed by atoms with Gasteiger partial charge in [-0.05, 0) is 19.3 Å². The molecular formula is C17H19N7S. The van der Waals surface area contributed by atoms with Crippen molar-refractivity contribution in [2.45, 2.75) is 51.1 Å². The van der Waals surface area contributed by atoms with Crippen molar-refractivity contribution in [1.29, 1.82) is 0 Å². The van der Waals surface area contributed by atoms with Crippen LogP contribution in [0.15, 0.2) is 24.2 Å². The average molecular weight is 353 g/mol. The zero-order valence-corrected chi connectivity index (χ0v) is 14.9. The van der Waals surface area contributed by atoms with Crippen molar-refractivity contribution in [1.82, 2.24) is 29.7 Å². The number of hydrogen-bond acceptors (Lipinski definition) is 7. The van der Waals surface area contributed by atoms with Crippen LogP contribution in [-0.4, -0.2) is 35.8 Å². The summed E-state index contributed by atoms with van der Waals surface area (Å²) in [6.07, 6.45) is 11.5. The Balaban J connectivity index is 1.70. The molecule has 1 saturated carbocycles. The third kappa shape index (κ3) is 2.27. The van der Waals surface area contributed by atoms with E-state index in [4.69, 9.17) is 4.98 Å². The van der Waals surface area contributed by atoms with Crippen molar-refractivity contribution in [3.05, 3.63) is 30.1 Å². The zero-order chi connectivity index (χ0) is 16.8. The minimum Gasteiger partial charge on any atom is -0.341 e. The van der Waals surface area contributed by atoms with Gasteiger partial charge in [0.2, 0.25) is 0 Å². The highest BCUT2D eigenvalue weighted by Gasteiger charge is 2.38. The maximum absolute atomic E-state index is 4.97. The molecule has 0 aromatic carbocycles. The fraction of sp³-hybridized carbons (Fsp3) is 0.471. The summed E-state index contributed by atoms with van der Waals surface area (Å²) in [7, 11) is 0. The molecule has 25 heavy (non-hydrogen) atoms. The minimum absolute atomic E-state index is 0.210. The summed E-state index contributed by atoms with van der Waals surface area (Å²) in [5, 5.41) is 8.57. The Labute approximate surface area is 149 Å². The Kier molecular flexibility index (Phi) is 3.51. The van der Waals surface area contributed by atoms with Gasteiger partial charge in [-0.2, -0.15) is 0 Å². The Morgan fingerprint density at radius 3 is 2.88 bits per heavy atom. The summed E-state index contributed by atoms with van der Waals surface area (Å²) in [6.45, 7) is 2.21. The van der Waals surface area contributed by atoms with Crippen LogP contribution in [0.3, 0.4) is 0 Å². The Bertz CT molecular complexity index is 882. The lowest BCUT2D eigenvalue weighted by molar-refractivity contribution is 0.469. The van der Waals surface area contributed by atoms with Crippen molar-refractivity contribution in [2.24, 2.45) is 0 Å². The topological polar surface area (TPSA) is 72.6 Å². The molecule has 0 bridgehead atoms. The van der Waals surface area contributed by atoms with Crippen LogP contribution in [0.5, 0.6) is 0 Å². The Hall–Kier alpha value is -2.35. The zero-order valence-electron chi connectivity index (χ0n) is 14.0. The van der Waals surface area contributed by atoms with Gasteiger partial charge < -0.3 is 4.90 Å². The summed E-state index contributed by atoms with van der Waals surface area (Å²) in [4.78, 5) is 17.2. The summed E-state index contributed by atoms with van der Waals surface area (Å²) in [6, 6.07) is 0.723. The van der Waals surface area contributed by atoms with Crippen molar-refractivity contribution in [2.75, 3.05) is 4.90 Å². The highest BCUT2D eigenvalue weighted by atomic mass is 32.1. The number of thiazole rings is 1. The molecule has 3 aromatic heterocycles. The van der Waals surface area contributed by atoms with Crippen molar-refractivity contribution in [3.63, 3.8) is 0 Å². The van der Waals surface area contributed by atoms with Crippen LogP contribution >= 0.6 is 11.3 Å². The van der Waals surface area contributed by atoms with Crippen LogP contribution in [0.2, 0.25) is 0 Å². The van der Waals surface area contributed by atoms with Gasteiger partial charge in [0.1, 0.15) is 12.0 Å². The van der Waals surface area contributed by atoms with Gasteiger partial charge in [-0.15, -0.1) is 21.5 Å². The summed E-state index contributed by atoms with van der Waals surface area (Å²) in [5.41, 5.74) is 2.80. The molecule has 2 aliphatic rings.